The van der Waals surface area contributed by atoms with Gasteiger partial charge < -0.3 is 0 Å². The molecule has 0 bridgehead atoms. The molecule has 0 amide bonds. The van der Waals surface area contributed by atoms with Gasteiger partial charge in [0.15, 0.2) is 6.29 Å². The summed E-state index contributed by atoms with van der Waals surface area (Å²) in [4.78, 5) is 14.0. The van der Waals surface area contributed by atoms with Crippen LogP contribution >= 0.6 is 0 Å². The highest BCUT2D eigenvalue weighted by Gasteiger charge is 2.09. The lowest BCUT2D eigenvalue weighted by molar-refractivity contribution is -0.102. The fraction of sp³-hybridized carbons (Fsp3) is 0.750. The molecule has 0 aromatic carbocycles. The lowest BCUT2D eigenvalue weighted by Gasteiger charge is -2.16. The number of carbonyl (C=O) groups is 1. The first-order valence-corrected chi connectivity index (χ1v) is 3.90. The maximum absolute atomic E-state index is 9.90. The van der Waals surface area contributed by atoms with E-state index in [2.05, 4.69) is 4.99 Å². The van der Waals surface area contributed by atoms with Crippen molar-refractivity contribution in [2.24, 2.45) is 4.99 Å². The van der Waals surface area contributed by atoms with Crippen LogP contribution < -0.4 is 0 Å². The number of hydrogen-bond donors (Lipinski definition) is 0. The Bertz CT molecular complexity index is 125. The highest BCUT2D eigenvalue weighted by Crippen LogP contribution is 2.19. The predicted molar refractivity (Wildman–Crippen MR) is 41.4 cm³/mol. The normalized spacial score (nSPS) is 21.6. The Kier molecular flexibility index (Phi) is 3.13. The summed E-state index contributed by atoms with van der Waals surface area (Å²) >= 11 is 0. The molecule has 0 N–H and O–H groups in total. The first-order valence-electron chi connectivity index (χ1n) is 3.90. The molecule has 2 nitrogen and oxygen atoms in total. The van der Waals surface area contributed by atoms with Crippen molar-refractivity contribution in [3.8, 4) is 0 Å². The minimum atomic E-state index is 0.443. The summed E-state index contributed by atoms with van der Waals surface area (Å²) in [7, 11) is 0. The Morgan fingerprint density at radius 2 is 1.90 bits per heavy atom. The van der Waals surface area contributed by atoms with Gasteiger partial charge in [-0.3, -0.25) is 9.79 Å². The molecule has 1 fully saturated rings. The van der Waals surface area contributed by atoms with E-state index in [0.717, 1.165) is 6.29 Å². The van der Waals surface area contributed by atoms with E-state index >= 15 is 0 Å². The van der Waals surface area contributed by atoms with Gasteiger partial charge in [0, 0.05) is 0 Å². The van der Waals surface area contributed by atoms with Gasteiger partial charge >= 0.3 is 0 Å². The highest BCUT2D eigenvalue weighted by molar-refractivity contribution is 6.12. The SMILES string of the molecule is O=CC=NC1CCCCC1. The molecule has 1 saturated carbocycles. The van der Waals surface area contributed by atoms with Crippen LogP contribution in [0.15, 0.2) is 4.99 Å². The Morgan fingerprint density at radius 1 is 1.20 bits per heavy atom. The van der Waals surface area contributed by atoms with Crippen LogP contribution in [0.2, 0.25) is 0 Å². The van der Waals surface area contributed by atoms with Gasteiger partial charge in [0.05, 0.1) is 12.3 Å². The summed E-state index contributed by atoms with van der Waals surface area (Å²) in [6, 6.07) is 0.443. The smallest absolute Gasteiger partial charge is 0.160 e. The zero-order valence-corrected chi connectivity index (χ0v) is 6.12. The Hall–Kier alpha value is -0.660. The molecule has 0 aliphatic heterocycles. The monoisotopic (exact) mass is 139 g/mol. The molecule has 0 atom stereocenters. The van der Waals surface area contributed by atoms with Crippen LogP contribution in [0.3, 0.4) is 0 Å². The quantitative estimate of drug-likeness (QED) is 0.422. The fourth-order valence-electron chi connectivity index (χ4n) is 1.39. The van der Waals surface area contributed by atoms with Crippen molar-refractivity contribution in [1.29, 1.82) is 0 Å². The third-order valence-electron chi connectivity index (χ3n) is 1.93. The molecule has 0 aromatic heterocycles. The number of aldehydes is 1. The summed E-state index contributed by atoms with van der Waals surface area (Å²) in [5.41, 5.74) is 0. The maximum atomic E-state index is 9.90. The van der Waals surface area contributed by atoms with Gasteiger partial charge in [-0.05, 0) is 12.8 Å². The van der Waals surface area contributed by atoms with E-state index in [1.165, 1.54) is 38.3 Å². The van der Waals surface area contributed by atoms with Gasteiger partial charge in [0.2, 0.25) is 0 Å². The van der Waals surface area contributed by atoms with Gasteiger partial charge in [0.25, 0.3) is 0 Å². The van der Waals surface area contributed by atoms with Gasteiger partial charge in [-0.25, -0.2) is 0 Å². The molecular formula is C8H13NO. The average molecular weight is 139 g/mol. The molecule has 56 valence electrons. The van der Waals surface area contributed by atoms with Gasteiger partial charge in [-0.15, -0.1) is 0 Å². The van der Waals surface area contributed by atoms with Crippen molar-refractivity contribution in [1.82, 2.24) is 0 Å². The second-order valence-electron chi connectivity index (χ2n) is 2.73. The molecule has 0 saturated heterocycles. The van der Waals surface area contributed by atoms with E-state index in [-0.39, 0.29) is 0 Å². The summed E-state index contributed by atoms with van der Waals surface area (Å²) in [6.07, 6.45) is 8.38. The molecule has 0 unspecified atom stereocenters. The van der Waals surface area contributed by atoms with Gasteiger partial charge in [-0.1, -0.05) is 19.3 Å². The van der Waals surface area contributed by atoms with Crippen molar-refractivity contribution in [3.63, 3.8) is 0 Å². The number of hydrogen-bond acceptors (Lipinski definition) is 2. The second kappa shape index (κ2) is 4.20. The molecule has 1 aliphatic carbocycles. The minimum absolute atomic E-state index is 0.443. The van der Waals surface area contributed by atoms with E-state index < -0.39 is 0 Å². The zero-order chi connectivity index (χ0) is 7.23. The first kappa shape index (κ1) is 7.45. The molecule has 2 heteroatoms. The minimum Gasteiger partial charge on any atom is -0.297 e. The fourth-order valence-corrected chi connectivity index (χ4v) is 1.39. The van der Waals surface area contributed by atoms with Crippen LogP contribution in [0.5, 0.6) is 0 Å². The van der Waals surface area contributed by atoms with Crippen molar-refractivity contribution < 1.29 is 4.79 Å². The van der Waals surface area contributed by atoms with Crippen molar-refractivity contribution in [2.75, 3.05) is 0 Å². The Labute approximate surface area is 61.3 Å². The van der Waals surface area contributed by atoms with E-state index in [1.807, 2.05) is 0 Å². The molecule has 10 heavy (non-hydrogen) atoms. The largest absolute Gasteiger partial charge is 0.297 e. The molecular weight excluding hydrogens is 126 g/mol. The lowest BCUT2D eigenvalue weighted by atomic mass is 9.96. The van der Waals surface area contributed by atoms with Crippen LogP contribution in [0, 0.1) is 0 Å². The van der Waals surface area contributed by atoms with Crippen LogP contribution in [-0.4, -0.2) is 18.5 Å². The maximum Gasteiger partial charge on any atom is 0.160 e. The Morgan fingerprint density at radius 3 is 2.50 bits per heavy atom. The van der Waals surface area contributed by atoms with Crippen molar-refractivity contribution >= 4 is 12.5 Å². The highest BCUT2D eigenvalue weighted by atomic mass is 16.1. The number of nitrogens with zero attached hydrogens (tertiary/aromatic N) is 1. The molecule has 1 rings (SSSR count). The standard InChI is InChI=1S/C8H13NO/c10-7-6-9-8-4-2-1-3-5-8/h6-8H,1-5H2. The zero-order valence-electron chi connectivity index (χ0n) is 6.12. The summed E-state index contributed by atoms with van der Waals surface area (Å²) < 4.78 is 0. The van der Waals surface area contributed by atoms with Gasteiger partial charge in [-0.2, -0.15) is 0 Å². The van der Waals surface area contributed by atoms with Gasteiger partial charge in [0.1, 0.15) is 0 Å². The van der Waals surface area contributed by atoms with Crippen LogP contribution in [0.1, 0.15) is 32.1 Å². The summed E-state index contributed by atoms with van der Waals surface area (Å²) in [5.74, 6) is 0. The predicted octanol–water partition coefficient (Wildman–Crippen LogP) is 1.59. The molecule has 0 radical (unpaired) electrons. The molecule has 0 aromatic rings. The van der Waals surface area contributed by atoms with Crippen LogP contribution in [0.4, 0.5) is 0 Å². The average Bonchev–Trinajstić information content (AvgIpc) is 2.03. The first-order chi connectivity index (χ1) is 4.93. The molecule has 0 heterocycles. The van der Waals surface area contributed by atoms with E-state index in [0.29, 0.717) is 6.04 Å². The number of rotatable bonds is 2. The number of carbonyl (C=O) groups excluding carboxylic acids is 1. The molecule has 1 aliphatic rings. The van der Waals surface area contributed by atoms with Crippen LogP contribution in [-0.2, 0) is 4.79 Å². The summed E-state index contributed by atoms with van der Waals surface area (Å²) in [6.45, 7) is 0. The van der Waals surface area contributed by atoms with Crippen LogP contribution in [0.25, 0.3) is 0 Å². The third-order valence-corrected chi connectivity index (χ3v) is 1.93. The van der Waals surface area contributed by atoms with E-state index in [4.69, 9.17) is 0 Å². The topological polar surface area (TPSA) is 29.4 Å². The second-order valence-corrected chi connectivity index (χ2v) is 2.73. The van der Waals surface area contributed by atoms with Crippen molar-refractivity contribution in [2.45, 2.75) is 38.1 Å². The Balaban J connectivity index is 2.25. The van der Waals surface area contributed by atoms with Crippen molar-refractivity contribution in [3.05, 3.63) is 0 Å². The number of aliphatic imine (C=N–C) groups is 1. The summed E-state index contributed by atoms with van der Waals surface area (Å²) in [5, 5.41) is 0. The third kappa shape index (κ3) is 2.29. The van der Waals surface area contributed by atoms with E-state index in [9.17, 15) is 4.79 Å². The molecule has 0 spiro atoms. The van der Waals surface area contributed by atoms with E-state index in [1.54, 1.807) is 0 Å². The lowest BCUT2D eigenvalue weighted by Crippen LogP contribution is -2.09.